The average molecular weight is 297 g/mol. The molecular formula is C18H23N3O. The summed E-state index contributed by atoms with van der Waals surface area (Å²) in [6.45, 7) is 2.76. The topological polar surface area (TPSA) is 58.0 Å². The summed E-state index contributed by atoms with van der Waals surface area (Å²) in [5.74, 6) is 0.799. The molecule has 22 heavy (non-hydrogen) atoms. The lowest BCUT2D eigenvalue weighted by molar-refractivity contribution is 0.331. The molecule has 1 fully saturated rings. The molecule has 1 saturated carbocycles. The molecule has 4 nitrogen and oxygen atoms in total. The summed E-state index contributed by atoms with van der Waals surface area (Å²) in [5.41, 5.74) is 3.25. The van der Waals surface area contributed by atoms with Crippen LogP contribution in [-0.4, -0.2) is 21.1 Å². The van der Waals surface area contributed by atoms with Crippen molar-refractivity contribution in [3.05, 3.63) is 53.6 Å². The van der Waals surface area contributed by atoms with Crippen LogP contribution in [0.1, 0.15) is 48.6 Å². The standard InChI is InChI=1S/C18H23N3O/c1-13-5-3-10-20-18(13)14-6-2-7-15(11-14)21-12-16-17(22)8-4-9-19-16/h3-5,8-10,14-15,21-22H,2,6-7,11-12H2,1H3. The summed E-state index contributed by atoms with van der Waals surface area (Å²) in [6.07, 6.45) is 8.32. The minimum atomic E-state index is 0.267. The molecule has 0 radical (unpaired) electrons. The van der Waals surface area contributed by atoms with Gasteiger partial charge < -0.3 is 10.4 Å². The monoisotopic (exact) mass is 297 g/mol. The lowest BCUT2D eigenvalue weighted by Crippen LogP contribution is -2.33. The van der Waals surface area contributed by atoms with Crippen molar-refractivity contribution in [1.29, 1.82) is 0 Å². The number of nitrogens with zero attached hydrogens (tertiary/aromatic N) is 2. The molecule has 0 aromatic carbocycles. The van der Waals surface area contributed by atoms with Gasteiger partial charge in [0, 0.05) is 36.6 Å². The minimum absolute atomic E-state index is 0.267. The highest BCUT2D eigenvalue weighted by Crippen LogP contribution is 2.33. The van der Waals surface area contributed by atoms with E-state index in [2.05, 4.69) is 28.3 Å². The third-order valence-electron chi connectivity index (χ3n) is 4.54. The van der Waals surface area contributed by atoms with E-state index in [4.69, 9.17) is 0 Å². The van der Waals surface area contributed by atoms with E-state index in [9.17, 15) is 5.11 Å². The second-order valence-electron chi connectivity index (χ2n) is 6.12. The van der Waals surface area contributed by atoms with Crippen molar-refractivity contribution >= 4 is 0 Å². The average Bonchev–Trinajstić information content (AvgIpc) is 2.55. The van der Waals surface area contributed by atoms with Crippen molar-refractivity contribution in [3.8, 4) is 5.75 Å². The molecule has 1 aliphatic rings. The first-order valence-electron chi connectivity index (χ1n) is 8.02. The largest absolute Gasteiger partial charge is 0.506 e. The Balaban J connectivity index is 1.62. The summed E-state index contributed by atoms with van der Waals surface area (Å²) >= 11 is 0. The smallest absolute Gasteiger partial charge is 0.138 e. The number of hydrogen-bond acceptors (Lipinski definition) is 4. The summed E-state index contributed by atoms with van der Waals surface area (Å²) < 4.78 is 0. The minimum Gasteiger partial charge on any atom is -0.506 e. The van der Waals surface area contributed by atoms with Crippen LogP contribution < -0.4 is 5.32 Å². The molecule has 0 aliphatic heterocycles. The van der Waals surface area contributed by atoms with E-state index < -0.39 is 0 Å². The van der Waals surface area contributed by atoms with E-state index in [0.717, 1.165) is 12.1 Å². The third-order valence-corrected chi connectivity index (χ3v) is 4.54. The Morgan fingerprint density at radius 2 is 2.00 bits per heavy atom. The van der Waals surface area contributed by atoms with Crippen LogP contribution in [0.2, 0.25) is 0 Å². The second-order valence-corrected chi connectivity index (χ2v) is 6.12. The second kappa shape index (κ2) is 6.88. The lowest BCUT2D eigenvalue weighted by Gasteiger charge is -2.30. The molecule has 0 saturated heterocycles. The van der Waals surface area contributed by atoms with Crippen LogP contribution >= 0.6 is 0 Å². The van der Waals surface area contributed by atoms with Gasteiger partial charge in [-0.1, -0.05) is 12.5 Å². The molecule has 1 aliphatic carbocycles. The number of aromatic nitrogens is 2. The predicted octanol–water partition coefficient (Wildman–Crippen LogP) is 3.31. The Labute approximate surface area is 131 Å². The van der Waals surface area contributed by atoms with Gasteiger partial charge in [0.1, 0.15) is 5.75 Å². The molecule has 2 N–H and O–H groups in total. The number of aromatic hydroxyl groups is 1. The molecule has 3 rings (SSSR count). The Morgan fingerprint density at radius 3 is 2.82 bits per heavy atom. The van der Waals surface area contributed by atoms with Crippen molar-refractivity contribution in [3.63, 3.8) is 0 Å². The Bertz CT molecular complexity index is 629. The van der Waals surface area contributed by atoms with E-state index in [1.807, 2.05) is 12.3 Å². The van der Waals surface area contributed by atoms with Crippen molar-refractivity contribution < 1.29 is 5.11 Å². The molecule has 0 bridgehead atoms. The fourth-order valence-corrected chi connectivity index (χ4v) is 3.36. The van der Waals surface area contributed by atoms with Crippen molar-refractivity contribution in [2.75, 3.05) is 0 Å². The van der Waals surface area contributed by atoms with Crippen LogP contribution in [0.4, 0.5) is 0 Å². The number of hydrogen-bond donors (Lipinski definition) is 2. The van der Waals surface area contributed by atoms with E-state index in [1.54, 1.807) is 18.3 Å². The maximum atomic E-state index is 9.79. The lowest BCUT2D eigenvalue weighted by atomic mass is 9.82. The van der Waals surface area contributed by atoms with E-state index in [1.165, 1.54) is 30.5 Å². The summed E-state index contributed by atoms with van der Waals surface area (Å²) in [7, 11) is 0. The Morgan fingerprint density at radius 1 is 1.18 bits per heavy atom. The van der Waals surface area contributed by atoms with Crippen molar-refractivity contribution in [2.24, 2.45) is 0 Å². The van der Waals surface area contributed by atoms with Crippen molar-refractivity contribution in [1.82, 2.24) is 15.3 Å². The highest BCUT2D eigenvalue weighted by molar-refractivity contribution is 5.25. The normalized spacial score (nSPS) is 21.7. The van der Waals surface area contributed by atoms with Crippen LogP contribution in [0, 0.1) is 6.92 Å². The first-order chi connectivity index (χ1) is 10.7. The summed E-state index contributed by atoms with van der Waals surface area (Å²) in [6, 6.07) is 8.04. The van der Waals surface area contributed by atoms with Gasteiger partial charge in [0.05, 0.1) is 5.69 Å². The van der Waals surface area contributed by atoms with E-state index in [-0.39, 0.29) is 5.75 Å². The van der Waals surface area contributed by atoms with Gasteiger partial charge in [-0.25, -0.2) is 0 Å². The Hall–Kier alpha value is -1.94. The molecule has 2 heterocycles. The molecule has 116 valence electrons. The fraction of sp³-hybridized carbons (Fsp3) is 0.444. The maximum absolute atomic E-state index is 9.79. The van der Waals surface area contributed by atoms with Gasteiger partial charge in [-0.05, 0) is 49.9 Å². The number of nitrogens with one attached hydrogen (secondary N) is 1. The molecule has 2 aromatic rings. The van der Waals surface area contributed by atoms with Crippen LogP contribution in [0.15, 0.2) is 36.7 Å². The SMILES string of the molecule is Cc1cccnc1C1CCCC(NCc2ncccc2O)C1. The maximum Gasteiger partial charge on any atom is 0.138 e. The fourth-order valence-electron chi connectivity index (χ4n) is 3.36. The number of aryl methyl sites for hydroxylation is 1. The molecular weight excluding hydrogens is 274 g/mol. The number of rotatable bonds is 4. The molecule has 2 atom stereocenters. The molecule has 4 heteroatoms. The zero-order chi connectivity index (χ0) is 15.4. The number of pyridine rings is 2. The van der Waals surface area contributed by atoms with E-state index in [0.29, 0.717) is 18.5 Å². The molecule has 0 amide bonds. The highest BCUT2D eigenvalue weighted by Gasteiger charge is 2.25. The zero-order valence-corrected chi connectivity index (χ0v) is 13.0. The van der Waals surface area contributed by atoms with Gasteiger partial charge in [-0.3, -0.25) is 9.97 Å². The zero-order valence-electron chi connectivity index (χ0n) is 13.0. The van der Waals surface area contributed by atoms with Crippen molar-refractivity contribution in [2.45, 2.75) is 51.1 Å². The van der Waals surface area contributed by atoms with Gasteiger partial charge in [0.25, 0.3) is 0 Å². The third kappa shape index (κ3) is 3.45. The van der Waals surface area contributed by atoms with Crippen LogP contribution in [-0.2, 0) is 6.54 Å². The first-order valence-corrected chi connectivity index (χ1v) is 8.02. The van der Waals surface area contributed by atoms with Gasteiger partial charge >= 0.3 is 0 Å². The molecule has 2 aromatic heterocycles. The van der Waals surface area contributed by atoms with Gasteiger partial charge in [0.2, 0.25) is 0 Å². The summed E-state index contributed by atoms with van der Waals surface area (Å²) in [4.78, 5) is 8.82. The van der Waals surface area contributed by atoms with Gasteiger partial charge in [-0.2, -0.15) is 0 Å². The molecule has 0 spiro atoms. The van der Waals surface area contributed by atoms with Crippen LogP contribution in [0.25, 0.3) is 0 Å². The summed E-state index contributed by atoms with van der Waals surface area (Å²) in [5, 5.41) is 13.3. The van der Waals surface area contributed by atoms with Crippen LogP contribution in [0.3, 0.4) is 0 Å². The van der Waals surface area contributed by atoms with Gasteiger partial charge in [-0.15, -0.1) is 0 Å². The predicted molar refractivity (Wildman–Crippen MR) is 86.7 cm³/mol. The van der Waals surface area contributed by atoms with Gasteiger partial charge in [0.15, 0.2) is 0 Å². The first kappa shape index (κ1) is 15.0. The molecule has 2 unspecified atom stereocenters. The van der Waals surface area contributed by atoms with Crippen LogP contribution in [0.5, 0.6) is 5.75 Å². The highest BCUT2D eigenvalue weighted by atomic mass is 16.3. The van der Waals surface area contributed by atoms with E-state index >= 15 is 0 Å². The quantitative estimate of drug-likeness (QED) is 0.909. The Kier molecular flexibility index (Phi) is 4.68.